The van der Waals surface area contributed by atoms with E-state index in [1.165, 1.54) is 0 Å². The minimum Gasteiger partial charge on any atom is -0.372 e. The molecule has 4 N–H and O–H groups in total. The van der Waals surface area contributed by atoms with Crippen LogP contribution in [-0.4, -0.2) is 17.9 Å². The normalized spacial score (nSPS) is 16.6. The number of rotatable bonds is 3. The molecule has 0 radical (unpaired) electrons. The second-order valence-electron chi connectivity index (χ2n) is 5.00. The minimum absolute atomic E-state index is 0.118. The lowest BCUT2D eigenvalue weighted by Gasteiger charge is -2.27. The molecule has 5 heteroatoms. The van der Waals surface area contributed by atoms with Gasteiger partial charge in [-0.05, 0) is 23.8 Å². The predicted octanol–water partition coefficient (Wildman–Crippen LogP) is 1.76. The van der Waals surface area contributed by atoms with E-state index < -0.39 is 5.91 Å². The summed E-state index contributed by atoms with van der Waals surface area (Å²) < 4.78 is 0. The van der Waals surface area contributed by atoms with Crippen LogP contribution in [0.2, 0.25) is 0 Å². The van der Waals surface area contributed by atoms with Crippen LogP contribution >= 0.6 is 0 Å². The molecule has 1 aliphatic rings. The van der Waals surface area contributed by atoms with Crippen molar-refractivity contribution in [3.05, 3.63) is 59.7 Å². The third-order valence-electron chi connectivity index (χ3n) is 3.49. The Morgan fingerprint density at radius 2 is 1.86 bits per heavy atom. The molecule has 2 amide bonds. The number of fused-ring (bicyclic) bond motifs is 1. The SMILES string of the molecule is NC(=O)c1ccc2c(c1)NC(=O)[C@H](Cc1ccccc1)N2. The summed E-state index contributed by atoms with van der Waals surface area (Å²) in [6.45, 7) is 0. The number of amides is 2. The van der Waals surface area contributed by atoms with Crippen molar-refractivity contribution in [2.24, 2.45) is 5.73 Å². The van der Waals surface area contributed by atoms with Gasteiger partial charge in [-0.1, -0.05) is 30.3 Å². The molecule has 0 saturated carbocycles. The summed E-state index contributed by atoms with van der Waals surface area (Å²) in [6, 6.07) is 14.5. The van der Waals surface area contributed by atoms with Crippen LogP contribution in [0.25, 0.3) is 0 Å². The number of nitrogens with two attached hydrogens (primary N) is 1. The molecule has 0 bridgehead atoms. The van der Waals surface area contributed by atoms with E-state index in [9.17, 15) is 9.59 Å². The molecule has 0 saturated heterocycles. The topological polar surface area (TPSA) is 84.2 Å². The van der Waals surface area contributed by atoms with Gasteiger partial charge in [0, 0.05) is 12.0 Å². The maximum Gasteiger partial charge on any atom is 0.248 e. The summed E-state index contributed by atoms with van der Waals surface area (Å²) >= 11 is 0. The standard InChI is InChI=1S/C16H15N3O2/c17-15(20)11-6-7-12-13(9-11)19-16(21)14(18-12)8-10-4-2-1-3-5-10/h1-7,9,14,18H,8H2,(H2,17,20)(H,19,21)/t14-/m0/s1. The van der Waals surface area contributed by atoms with Crippen molar-refractivity contribution in [2.75, 3.05) is 10.6 Å². The van der Waals surface area contributed by atoms with E-state index >= 15 is 0 Å². The van der Waals surface area contributed by atoms with Crippen molar-refractivity contribution in [1.29, 1.82) is 0 Å². The fourth-order valence-corrected chi connectivity index (χ4v) is 2.39. The van der Waals surface area contributed by atoms with Gasteiger partial charge in [0.1, 0.15) is 6.04 Å². The van der Waals surface area contributed by atoms with Gasteiger partial charge < -0.3 is 16.4 Å². The van der Waals surface area contributed by atoms with E-state index in [-0.39, 0.29) is 11.9 Å². The minimum atomic E-state index is -0.515. The predicted molar refractivity (Wildman–Crippen MR) is 81.1 cm³/mol. The van der Waals surface area contributed by atoms with E-state index in [1.807, 2.05) is 30.3 Å². The molecule has 106 valence electrons. The van der Waals surface area contributed by atoms with Crippen LogP contribution in [0, 0.1) is 0 Å². The number of hydrogen-bond acceptors (Lipinski definition) is 3. The first kappa shape index (κ1) is 13.2. The molecule has 21 heavy (non-hydrogen) atoms. The molecule has 5 nitrogen and oxygen atoms in total. The van der Waals surface area contributed by atoms with Gasteiger partial charge in [0.25, 0.3) is 0 Å². The molecule has 0 spiro atoms. The lowest BCUT2D eigenvalue weighted by atomic mass is 10.0. The molecule has 2 aromatic carbocycles. The number of hydrogen-bond donors (Lipinski definition) is 3. The Morgan fingerprint density at radius 1 is 1.10 bits per heavy atom. The summed E-state index contributed by atoms with van der Waals surface area (Å²) in [5, 5.41) is 6.01. The third-order valence-corrected chi connectivity index (χ3v) is 3.49. The molecule has 1 heterocycles. The quantitative estimate of drug-likeness (QED) is 0.801. The maximum atomic E-state index is 12.2. The van der Waals surface area contributed by atoms with Gasteiger partial charge in [-0.2, -0.15) is 0 Å². The largest absolute Gasteiger partial charge is 0.372 e. The Morgan fingerprint density at radius 3 is 2.57 bits per heavy atom. The highest BCUT2D eigenvalue weighted by molar-refractivity contribution is 6.05. The van der Waals surface area contributed by atoms with E-state index in [2.05, 4.69) is 10.6 Å². The molecule has 3 rings (SSSR count). The van der Waals surface area contributed by atoms with Crippen molar-refractivity contribution in [3.63, 3.8) is 0 Å². The van der Waals surface area contributed by atoms with Crippen LogP contribution in [0.4, 0.5) is 11.4 Å². The fourth-order valence-electron chi connectivity index (χ4n) is 2.39. The second kappa shape index (κ2) is 5.28. The first-order chi connectivity index (χ1) is 10.1. The highest BCUT2D eigenvalue weighted by Crippen LogP contribution is 2.28. The zero-order valence-electron chi connectivity index (χ0n) is 11.3. The molecule has 0 aliphatic carbocycles. The highest BCUT2D eigenvalue weighted by Gasteiger charge is 2.25. The van der Waals surface area contributed by atoms with Gasteiger partial charge in [-0.3, -0.25) is 9.59 Å². The average molecular weight is 281 g/mol. The molecular weight excluding hydrogens is 266 g/mol. The van der Waals surface area contributed by atoms with Gasteiger partial charge >= 0.3 is 0 Å². The molecule has 0 fully saturated rings. The van der Waals surface area contributed by atoms with Gasteiger partial charge in [0.05, 0.1) is 11.4 Å². The average Bonchev–Trinajstić information content (AvgIpc) is 2.48. The summed E-state index contributed by atoms with van der Waals surface area (Å²) in [4.78, 5) is 23.3. The fraction of sp³-hybridized carbons (Fsp3) is 0.125. The van der Waals surface area contributed by atoms with Gasteiger partial charge in [-0.15, -0.1) is 0 Å². The van der Waals surface area contributed by atoms with Crippen molar-refractivity contribution < 1.29 is 9.59 Å². The van der Waals surface area contributed by atoms with Crippen LogP contribution in [0.5, 0.6) is 0 Å². The summed E-state index contributed by atoms with van der Waals surface area (Å²) in [5.74, 6) is -0.633. The van der Waals surface area contributed by atoms with E-state index in [0.717, 1.165) is 11.3 Å². The van der Waals surface area contributed by atoms with Crippen LogP contribution in [0.15, 0.2) is 48.5 Å². The van der Waals surface area contributed by atoms with Crippen molar-refractivity contribution in [2.45, 2.75) is 12.5 Å². The molecule has 0 aromatic heterocycles. The van der Waals surface area contributed by atoms with Crippen LogP contribution in [0.1, 0.15) is 15.9 Å². The Labute approximate surface area is 122 Å². The van der Waals surface area contributed by atoms with Crippen molar-refractivity contribution in [1.82, 2.24) is 0 Å². The van der Waals surface area contributed by atoms with E-state index in [0.29, 0.717) is 17.7 Å². The first-order valence-corrected chi connectivity index (χ1v) is 6.68. The molecule has 1 aliphatic heterocycles. The van der Waals surface area contributed by atoms with Crippen LogP contribution < -0.4 is 16.4 Å². The lowest BCUT2D eigenvalue weighted by Crippen LogP contribution is -2.40. The zero-order chi connectivity index (χ0) is 14.8. The Bertz CT molecular complexity index is 698. The number of benzene rings is 2. The Kier molecular flexibility index (Phi) is 3.31. The number of primary amides is 1. The van der Waals surface area contributed by atoms with E-state index in [4.69, 9.17) is 5.73 Å². The third kappa shape index (κ3) is 2.72. The summed E-state index contributed by atoms with van der Waals surface area (Å²) in [5.41, 5.74) is 8.07. The summed E-state index contributed by atoms with van der Waals surface area (Å²) in [7, 11) is 0. The maximum absolute atomic E-state index is 12.2. The Balaban J connectivity index is 1.82. The molecule has 1 atom stereocenters. The molecule has 0 unspecified atom stereocenters. The second-order valence-corrected chi connectivity index (χ2v) is 5.00. The Hall–Kier alpha value is -2.82. The number of nitrogens with one attached hydrogen (secondary N) is 2. The lowest BCUT2D eigenvalue weighted by molar-refractivity contribution is -0.117. The van der Waals surface area contributed by atoms with Gasteiger partial charge in [-0.25, -0.2) is 0 Å². The van der Waals surface area contributed by atoms with E-state index in [1.54, 1.807) is 18.2 Å². The highest BCUT2D eigenvalue weighted by atomic mass is 16.2. The first-order valence-electron chi connectivity index (χ1n) is 6.68. The van der Waals surface area contributed by atoms with Gasteiger partial charge in [0.15, 0.2) is 0 Å². The zero-order valence-corrected chi connectivity index (χ0v) is 11.3. The number of anilines is 2. The van der Waals surface area contributed by atoms with Crippen LogP contribution in [0.3, 0.4) is 0 Å². The van der Waals surface area contributed by atoms with Crippen molar-refractivity contribution >= 4 is 23.2 Å². The van der Waals surface area contributed by atoms with Crippen molar-refractivity contribution in [3.8, 4) is 0 Å². The van der Waals surface area contributed by atoms with Crippen LogP contribution in [-0.2, 0) is 11.2 Å². The smallest absolute Gasteiger partial charge is 0.248 e. The summed E-state index contributed by atoms with van der Waals surface area (Å²) in [6.07, 6.45) is 0.601. The molecule has 2 aromatic rings. The number of carbonyl (C=O) groups excluding carboxylic acids is 2. The monoisotopic (exact) mass is 281 g/mol. The molecular formula is C16H15N3O2. The number of carbonyl (C=O) groups is 2. The van der Waals surface area contributed by atoms with Gasteiger partial charge in [0.2, 0.25) is 11.8 Å².